The summed E-state index contributed by atoms with van der Waals surface area (Å²) in [5.41, 5.74) is 0.572. The molecule has 1 atom stereocenters. The van der Waals surface area contributed by atoms with Gasteiger partial charge in [0.2, 0.25) is 0 Å². The predicted molar refractivity (Wildman–Crippen MR) is 53.9 cm³/mol. The smallest absolute Gasteiger partial charge is 0.254 e. The molecule has 0 saturated carbocycles. The SMILES string of the molecule is CC(Br)CCNC(=O)c1cn[nH]c1. The summed E-state index contributed by atoms with van der Waals surface area (Å²) in [7, 11) is 0. The molecule has 4 nitrogen and oxygen atoms in total. The highest BCUT2D eigenvalue weighted by Gasteiger charge is 2.05. The van der Waals surface area contributed by atoms with Gasteiger partial charge in [0.1, 0.15) is 0 Å². The van der Waals surface area contributed by atoms with E-state index < -0.39 is 0 Å². The zero-order valence-corrected chi connectivity index (χ0v) is 8.97. The van der Waals surface area contributed by atoms with Crippen LogP contribution in [0.2, 0.25) is 0 Å². The Hall–Kier alpha value is -0.840. The first-order valence-electron chi connectivity index (χ1n) is 4.11. The molecule has 72 valence electrons. The van der Waals surface area contributed by atoms with Crippen molar-refractivity contribution in [2.75, 3.05) is 6.54 Å². The fraction of sp³-hybridized carbons (Fsp3) is 0.500. The number of rotatable bonds is 4. The first-order chi connectivity index (χ1) is 6.20. The standard InChI is InChI=1S/C8H12BrN3O/c1-6(9)2-3-10-8(13)7-4-11-12-5-7/h4-6H,2-3H2,1H3,(H,10,13)(H,11,12). The fourth-order valence-electron chi connectivity index (χ4n) is 0.862. The minimum absolute atomic E-state index is 0.0816. The van der Waals surface area contributed by atoms with Gasteiger partial charge in [-0.3, -0.25) is 9.89 Å². The van der Waals surface area contributed by atoms with Crippen LogP contribution in [0.4, 0.5) is 0 Å². The Labute approximate surface area is 85.2 Å². The fourth-order valence-corrected chi connectivity index (χ4v) is 1.09. The molecule has 5 heteroatoms. The predicted octanol–water partition coefficient (Wildman–Crippen LogP) is 1.31. The maximum absolute atomic E-state index is 11.3. The quantitative estimate of drug-likeness (QED) is 0.787. The van der Waals surface area contributed by atoms with Crippen molar-refractivity contribution in [2.24, 2.45) is 0 Å². The van der Waals surface area contributed by atoms with Crippen molar-refractivity contribution in [3.63, 3.8) is 0 Å². The number of halogens is 1. The van der Waals surface area contributed by atoms with Gasteiger partial charge in [0.25, 0.3) is 5.91 Å². The lowest BCUT2D eigenvalue weighted by Gasteiger charge is -2.04. The summed E-state index contributed by atoms with van der Waals surface area (Å²) in [5, 5.41) is 9.07. The number of aromatic amines is 1. The average molecular weight is 246 g/mol. The number of hydrogen-bond donors (Lipinski definition) is 2. The van der Waals surface area contributed by atoms with Gasteiger partial charge in [0.15, 0.2) is 0 Å². The van der Waals surface area contributed by atoms with Gasteiger partial charge in [-0.1, -0.05) is 22.9 Å². The van der Waals surface area contributed by atoms with E-state index in [1.165, 1.54) is 6.20 Å². The number of hydrogen-bond acceptors (Lipinski definition) is 2. The molecule has 1 heterocycles. The third kappa shape index (κ3) is 3.59. The van der Waals surface area contributed by atoms with Gasteiger partial charge in [0, 0.05) is 17.6 Å². The van der Waals surface area contributed by atoms with Crippen molar-refractivity contribution in [2.45, 2.75) is 18.2 Å². The monoisotopic (exact) mass is 245 g/mol. The number of alkyl halides is 1. The average Bonchev–Trinajstić information content (AvgIpc) is 2.55. The van der Waals surface area contributed by atoms with E-state index in [0.29, 0.717) is 16.9 Å². The molecule has 0 radical (unpaired) electrons. The zero-order valence-electron chi connectivity index (χ0n) is 7.38. The van der Waals surface area contributed by atoms with Gasteiger partial charge in [-0.25, -0.2) is 0 Å². The van der Waals surface area contributed by atoms with Crippen LogP contribution in [0.1, 0.15) is 23.7 Å². The largest absolute Gasteiger partial charge is 0.352 e. The van der Waals surface area contributed by atoms with Gasteiger partial charge in [0.05, 0.1) is 11.8 Å². The number of amides is 1. The van der Waals surface area contributed by atoms with Crippen LogP contribution in [0.25, 0.3) is 0 Å². The molecule has 1 rings (SSSR count). The first-order valence-corrected chi connectivity index (χ1v) is 5.03. The van der Waals surface area contributed by atoms with E-state index in [1.807, 2.05) is 6.92 Å². The molecule has 0 saturated heterocycles. The maximum Gasteiger partial charge on any atom is 0.254 e. The van der Waals surface area contributed by atoms with E-state index in [9.17, 15) is 4.79 Å². The number of aromatic nitrogens is 2. The van der Waals surface area contributed by atoms with Crippen molar-refractivity contribution < 1.29 is 4.79 Å². The van der Waals surface area contributed by atoms with Gasteiger partial charge in [-0.15, -0.1) is 0 Å². The topological polar surface area (TPSA) is 57.8 Å². The van der Waals surface area contributed by atoms with E-state index in [2.05, 4.69) is 31.4 Å². The second-order valence-corrected chi connectivity index (χ2v) is 4.38. The van der Waals surface area contributed by atoms with Gasteiger partial charge in [-0.05, 0) is 6.42 Å². The summed E-state index contributed by atoms with van der Waals surface area (Å²) in [4.78, 5) is 11.7. The summed E-state index contributed by atoms with van der Waals surface area (Å²) in [6, 6.07) is 0. The number of carbonyl (C=O) groups is 1. The molecule has 1 aromatic rings. The van der Waals surface area contributed by atoms with E-state index in [4.69, 9.17) is 0 Å². The van der Waals surface area contributed by atoms with Crippen molar-refractivity contribution in [3.05, 3.63) is 18.0 Å². The Morgan fingerprint density at radius 1 is 1.85 bits per heavy atom. The van der Waals surface area contributed by atoms with Crippen LogP contribution in [-0.4, -0.2) is 27.5 Å². The summed E-state index contributed by atoms with van der Waals surface area (Å²) in [6.07, 6.45) is 4.00. The van der Waals surface area contributed by atoms with Crippen molar-refractivity contribution in [3.8, 4) is 0 Å². The Morgan fingerprint density at radius 3 is 3.15 bits per heavy atom. The molecule has 0 aliphatic carbocycles. The highest BCUT2D eigenvalue weighted by molar-refractivity contribution is 9.09. The summed E-state index contributed by atoms with van der Waals surface area (Å²) in [5.74, 6) is -0.0816. The molecule has 1 aromatic heterocycles. The Balaban J connectivity index is 2.27. The molecule has 0 aromatic carbocycles. The number of carbonyl (C=O) groups excluding carboxylic acids is 1. The molecule has 0 aliphatic heterocycles. The van der Waals surface area contributed by atoms with Gasteiger partial charge < -0.3 is 5.32 Å². The van der Waals surface area contributed by atoms with Crippen LogP contribution >= 0.6 is 15.9 Å². The van der Waals surface area contributed by atoms with Crippen molar-refractivity contribution in [1.82, 2.24) is 15.5 Å². The maximum atomic E-state index is 11.3. The number of nitrogens with one attached hydrogen (secondary N) is 2. The van der Waals surface area contributed by atoms with Gasteiger partial charge >= 0.3 is 0 Å². The molecule has 0 bridgehead atoms. The molecular formula is C8H12BrN3O. The van der Waals surface area contributed by atoms with E-state index in [0.717, 1.165) is 6.42 Å². The van der Waals surface area contributed by atoms with Crippen LogP contribution in [-0.2, 0) is 0 Å². The summed E-state index contributed by atoms with van der Waals surface area (Å²) < 4.78 is 0. The van der Waals surface area contributed by atoms with Crippen molar-refractivity contribution in [1.29, 1.82) is 0 Å². The molecule has 13 heavy (non-hydrogen) atoms. The Kier molecular flexibility index (Phi) is 3.95. The Morgan fingerprint density at radius 2 is 2.62 bits per heavy atom. The highest BCUT2D eigenvalue weighted by Crippen LogP contribution is 2.01. The third-order valence-corrected chi connectivity index (χ3v) is 2.05. The van der Waals surface area contributed by atoms with Crippen LogP contribution in [0.5, 0.6) is 0 Å². The minimum atomic E-state index is -0.0816. The number of H-pyrrole nitrogens is 1. The minimum Gasteiger partial charge on any atom is -0.352 e. The lowest BCUT2D eigenvalue weighted by Crippen LogP contribution is -2.25. The van der Waals surface area contributed by atoms with Crippen LogP contribution in [0.15, 0.2) is 12.4 Å². The van der Waals surface area contributed by atoms with E-state index in [1.54, 1.807) is 6.20 Å². The van der Waals surface area contributed by atoms with E-state index >= 15 is 0 Å². The normalized spacial score (nSPS) is 12.5. The third-order valence-electron chi connectivity index (χ3n) is 1.59. The number of nitrogens with zero attached hydrogens (tertiary/aromatic N) is 1. The molecule has 0 spiro atoms. The Bertz CT molecular complexity index is 258. The molecule has 0 aliphatic rings. The zero-order chi connectivity index (χ0) is 9.68. The molecule has 1 unspecified atom stereocenters. The second kappa shape index (κ2) is 5.01. The summed E-state index contributed by atoms with van der Waals surface area (Å²) >= 11 is 3.40. The van der Waals surface area contributed by atoms with Crippen LogP contribution < -0.4 is 5.32 Å². The molecular weight excluding hydrogens is 234 g/mol. The van der Waals surface area contributed by atoms with Crippen molar-refractivity contribution >= 4 is 21.8 Å². The summed E-state index contributed by atoms with van der Waals surface area (Å²) in [6.45, 7) is 2.72. The first kappa shape index (κ1) is 10.2. The lowest BCUT2D eigenvalue weighted by atomic mass is 10.3. The van der Waals surface area contributed by atoms with Gasteiger partial charge in [-0.2, -0.15) is 5.10 Å². The van der Waals surface area contributed by atoms with Crippen LogP contribution in [0, 0.1) is 0 Å². The highest BCUT2D eigenvalue weighted by atomic mass is 79.9. The molecule has 0 fully saturated rings. The van der Waals surface area contributed by atoms with E-state index in [-0.39, 0.29) is 5.91 Å². The molecule has 2 N–H and O–H groups in total. The van der Waals surface area contributed by atoms with Crippen LogP contribution in [0.3, 0.4) is 0 Å². The molecule has 1 amide bonds. The lowest BCUT2D eigenvalue weighted by molar-refractivity contribution is 0.0953. The second-order valence-electron chi connectivity index (χ2n) is 2.81.